The molecule has 0 unspecified atom stereocenters. The van der Waals surface area contributed by atoms with Crippen LogP contribution in [0.2, 0.25) is 0 Å². The number of ketones is 1. The Kier molecular flexibility index (Phi) is 7.02. The van der Waals surface area contributed by atoms with Crippen LogP contribution >= 0.6 is 13.5 Å². The molecule has 1 aromatic heterocycles. The molecule has 2 aliphatic rings. The van der Waals surface area contributed by atoms with Crippen molar-refractivity contribution in [2.24, 2.45) is 5.92 Å². The fraction of sp³-hybridized carbons (Fsp3) is 0.429. The number of carbonyl (C=O) groups is 3. The standard InChI is InChI=1S/C21H19F3N6O3.H2S/c22-15-2-1-14(5-13(15)7-25)27-18(32)12-3-4-30(9-12)19(33)16(31)6-20(10-21(23,24)11-20)17-8-26-29-28-17;/h1-2,5,8,12H,3-4,6,9-11H2,(H,27,32)(H,26,28,29);1H2/t12-;/m0./s1. The highest BCUT2D eigenvalue weighted by Gasteiger charge is 2.59. The molecule has 1 aromatic carbocycles. The maximum atomic E-state index is 13.6. The largest absolute Gasteiger partial charge is 0.335 e. The molecule has 1 aliphatic carbocycles. The van der Waals surface area contributed by atoms with Crippen molar-refractivity contribution in [3.05, 3.63) is 41.5 Å². The first-order chi connectivity index (χ1) is 15.6. The highest BCUT2D eigenvalue weighted by atomic mass is 32.1. The molecule has 1 atom stereocenters. The molecule has 180 valence electrons. The Labute approximate surface area is 199 Å². The number of aromatic amines is 1. The van der Waals surface area contributed by atoms with E-state index in [0.29, 0.717) is 6.42 Å². The van der Waals surface area contributed by atoms with Gasteiger partial charge in [0.1, 0.15) is 11.9 Å². The second-order valence-electron chi connectivity index (χ2n) is 8.48. The molecule has 0 bridgehead atoms. The molecule has 13 heteroatoms. The molecule has 34 heavy (non-hydrogen) atoms. The third-order valence-corrected chi connectivity index (χ3v) is 6.09. The molecule has 2 amide bonds. The number of Topliss-reactive ketones (excluding diaryl/α,β-unsaturated/α-hetero) is 1. The zero-order chi connectivity index (χ0) is 23.8. The van der Waals surface area contributed by atoms with Gasteiger partial charge in [-0.05, 0) is 24.6 Å². The van der Waals surface area contributed by atoms with Gasteiger partial charge in [-0.1, -0.05) is 0 Å². The Bertz CT molecular complexity index is 1140. The molecule has 0 spiro atoms. The van der Waals surface area contributed by atoms with Gasteiger partial charge in [0, 0.05) is 43.5 Å². The van der Waals surface area contributed by atoms with Crippen LogP contribution in [0.5, 0.6) is 0 Å². The number of hydrogen-bond acceptors (Lipinski definition) is 6. The molecule has 2 aromatic rings. The van der Waals surface area contributed by atoms with Crippen LogP contribution in [0.15, 0.2) is 24.4 Å². The lowest BCUT2D eigenvalue weighted by atomic mass is 9.61. The van der Waals surface area contributed by atoms with Crippen molar-refractivity contribution >= 4 is 36.8 Å². The Morgan fingerprint density at radius 3 is 2.65 bits per heavy atom. The van der Waals surface area contributed by atoms with Gasteiger partial charge in [0.05, 0.1) is 23.4 Å². The first-order valence-electron chi connectivity index (χ1n) is 10.2. The number of likely N-dealkylation sites (tertiary alicyclic amines) is 1. The first-order valence-corrected chi connectivity index (χ1v) is 10.2. The Hall–Kier alpha value is -3.40. The SMILES string of the molecule is N#Cc1cc(NC(=O)[C@H]2CCN(C(=O)C(=O)CC3(c4cn[nH]n4)CC(F)(F)C3)C2)ccc1F.S. The van der Waals surface area contributed by atoms with E-state index in [1.807, 2.05) is 0 Å². The number of amides is 2. The van der Waals surface area contributed by atoms with Gasteiger partial charge in [-0.25, -0.2) is 13.2 Å². The molecule has 4 rings (SSSR count). The van der Waals surface area contributed by atoms with Crippen LogP contribution in [-0.4, -0.2) is 56.9 Å². The summed E-state index contributed by atoms with van der Waals surface area (Å²) in [5, 5.41) is 21.3. The van der Waals surface area contributed by atoms with Crippen molar-refractivity contribution < 1.29 is 27.6 Å². The van der Waals surface area contributed by atoms with Crippen molar-refractivity contribution in [3.63, 3.8) is 0 Å². The zero-order valence-electron chi connectivity index (χ0n) is 17.8. The lowest BCUT2D eigenvalue weighted by Gasteiger charge is -2.45. The Morgan fingerprint density at radius 2 is 2.03 bits per heavy atom. The number of anilines is 1. The van der Waals surface area contributed by atoms with Crippen LogP contribution in [0.3, 0.4) is 0 Å². The van der Waals surface area contributed by atoms with Gasteiger partial charge >= 0.3 is 0 Å². The summed E-state index contributed by atoms with van der Waals surface area (Å²) in [5.74, 6) is -6.37. The number of benzene rings is 1. The number of rotatable bonds is 6. The average Bonchev–Trinajstić information content (AvgIpc) is 3.45. The molecular formula is C21H21F3N6O3S. The molecule has 1 saturated heterocycles. The van der Waals surface area contributed by atoms with Gasteiger partial charge in [-0.15, -0.1) is 0 Å². The zero-order valence-corrected chi connectivity index (χ0v) is 18.8. The number of nitriles is 1. The summed E-state index contributed by atoms with van der Waals surface area (Å²) >= 11 is 0. The van der Waals surface area contributed by atoms with Crippen LogP contribution in [-0.2, 0) is 19.8 Å². The van der Waals surface area contributed by atoms with E-state index in [-0.39, 0.29) is 43.5 Å². The van der Waals surface area contributed by atoms with E-state index in [4.69, 9.17) is 5.26 Å². The number of hydrogen-bond donors (Lipinski definition) is 2. The highest BCUT2D eigenvalue weighted by Crippen LogP contribution is 2.54. The summed E-state index contributed by atoms with van der Waals surface area (Å²) in [6.07, 6.45) is -0.0498. The van der Waals surface area contributed by atoms with Crippen molar-refractivity contribution in [2.75, 3.05) is 18.4 Å². The van der Waals surface area contributed by atoms with Crippen LogP contribution in [0.25, 0.3) is 0 Å². The highest BCUT2D eigenvalue weighted by molar-refractivity contribution is 7.59. The normalized spacial score (nSPS) is 19.9. The fourth-order valence-electron chi connectivity index (χ4n) is 4.44. The molecule has 2 fully saturated rings. The van der Waals surface area contributed by atoms with Crippen molar-refractivity contribution in [3.8, 4) is 6.07 Å². The third kappa shape index (κ3) is 4.91. The van der Waals surface area contributed by atoms with E-state index < -0.39 is 59.9 Å². The number of alkyl halides is 2. The van der Waals surface area contributed by atoms with Gasteiger partial charge in [-0.2, -0.15) is 34.2 Å². The number of nitrogens with zero attached hydrogens (tertiary/aromatic N) is 4. The van der Waals surface area contributed by atoms with Crippen molar-refractivity contribution in [1.29, 1.82) is 5.26 Å². The number of H-pyrrole nitrogens is 1. The number of nitrogens with one attached hydrogen (secondary N) is 2. The first kappa shape index (κ1) is 25.2. The van der Waals surface area contributed by atoms with E-state index in [1.165, 1.54) is 23.2 Å². The summed E-state index contributed by atoms with van der Waals surface area (Å²) in [6, 6.07) is 5.26. The van der Waals surface area contributed by atoms with Gasteiger partial charge in [0.15, 0.2) is 0 Å². The summed E-state index contributed by atoms with van der Waals surface area (Å²) in [7, 11) is 0. The number of halogens is 3. The molecule has 0 radical (unpaired) electrons. The van der Waals surface area contributed by atoms with E-state index in [9.17, 15) is 27.6 Å². The van der Waals surface area contributed by atoms with E-state index >= 15 is 0 Å². The average molecular weight is 494 g/mol. The second-order valence-corrected chi connectivity index (χ2v) is 8.48. The van der Waals surface area contributed by atoms with Crippen molar-refractivity contribution in [1.82, 2.24) is 20.3 Å². The minimum absolute atomic E-state index is 0. The minimum Gasteiger partial charge on any atom is -0.335 e. The summed E-state index contributed by atoms with van der Waals surface area (Å²) in [6.45, 7) is 0.137. The van der Waals surface area contributed by atoms with Gasteiger partial charge in [0.2, 0.25) is 17.6 Å². The molecule has 9 nitrogen and oxygen atoms in total. The van der Waals surface area contributed by atoms with Crippen LogP contribution in [0, 0.1) is 23.1 Å². The van der Waals surface area contributed by atoms with Crippen molar-refractivity contribution in [2.45, 2.75) is 37.0 Å². The van der Waals surface area contributed by atoms with E-state index in [1.54, 1.807) is 6.07 Å². The fourth-order valence-corrected chi connectivity index (χ4v) is 4.44. The number of carbonyl (C=O) groups excluding carboxylic acids is 3. The quantitative estimate of drug-likeness (QED) is 0.591. The minimum atomic E-state index is -2.94. The third-order valence-electron chi connectivity index (χ3n) is 6.09. The van der Waals surface area contributed by atoms with Gasteiger partial charge in [0.25, 0.3) is 5.91 Å². The molecule has 2 N–H and O–H groups in total. The smallest absolute Gasteiger partial charge is 0.289 e. The number of aromatic nitrogens is 3. The lowest BCUT2D eigenvalue weighted by molar-refractivity contribution is -0.153. The van der Waals surface area contributed by atoms with Crippen LogP contribution in [0.1, 0.15) is 36.9 Å². The molecular weight excluding hydrogens is 473 g/mol. The Balaban J connectivity index is 0.00000324. The molecule has 1 aliphatic heterocycles. The molecule has 2 heterocycles. The predicted octanol–water partition coefficient (Wildman–Crippen LogP) is 2.04. The van der Waals surface area contributed by atoms with E-state index in [2.05, 4.69) is 20.7 Å². The maximum absolute atomic E-state index is 13.6. The summed E-state index contributed by atoms with van der Waals surface area (Å²) in [5.41, 5.74) is -1.02. The van der Waals surface area contributed by atoms with Crippen LogP contribution in [0.4, 0.5) is 18.9 Å². The topological polar surface area (TPSA) is 132 Å². The van der Waals surface area contributed by atoms with Gasteiger partial charge in [-0.3, -0.25) is 14.4 Å². The molecule has 1 saturated carbocycles. The Morgan fingerprint density at radius 1 is 1.29 bits per heavy atom. The second kappa shape index (κ2) is 9.46. The monoisotopic (exact) mass is 494 g/mol. The van der Waals surface area contributed by atoms with Crippen LogP contribution < -0.4 is 5.32 Å². The lowest BCUT2D eigenvalue weighted by Crippen LogP contribution is -2.52. The predicted molar refractivity (Wildman–Crippen MR) is 117 cm³/mol. The van der Waals surface area contributed by atoms with E-state index in [0.717, 1.165) is 6.07 Å². The summed E-state index contributed by atoms with van der Waals surface area (Å²) in [4.78, 5) is 39.1. The van der Waals surface area contributed by atoms with Gasteiger partial charge < -0.3 is 10.2 Å². The maximum Gasteiger partial charge on any atom is 0.289 e. The summed E-state index contributed by atoms with van der Waals surface area (Å²) < 4.78 is 40.7.